The van der Waals surface area contributed by atoms with Gasteiger partial charge in [0.15, 0.2) is 11.5 Å². The Bertz CT molecular complexity index is 707. The van der Waals surface area contributed by atoms with E-state index >= 15 is 0 Å². The summed E-state index contributed by atoms with van der Waals surface area (Å²) in [4.78, 5) is 11.2. The molecule has 0 spiro atoms. The van der Waals surface area contributed by atoms with Gasteiger partial charge in [0.05, 0.1) is 9.82 Å². The Morgan fingerprint density at radius 3 is 2.67 bits per heavy atom. The van der Waals surface area contributed by atoms with Crippen molar-refractivity contribution in [1.82, 2.24) is 0 Å². The van der Waals surface area contributed by atoms with Gasteiger partial charge >= 0.3 is 5.69 Å². The van der Waals surface area contributed by atoms with E-state index in [-0.39, 0.29) is 4.90 Å². The molecule has 108 valence electrons. The molecule has 21 heavy (non-hydrogen) atoms. The van der Waals surface area contributed by atoms with Crippen molar-refractivity contribution in [1.29, 1.82) is 0 Å². The maximum Gasteiger partial charge on any atom is 0.318 e. The predicted octanol–water partition coefficient (Wildman–Crippen LogP) is 3.66. The van der Waals surface area contributed by atoms with Crippen molar-refractivity contribution in [2.45, 2.75) is 9.79 Å². The van der Waals surface area contributed by atoms with Crippen molar-refractivity contribution in [3.63, 3.8) is 0 Å². The molecule has 0 aliphatic carbocycles. The van der Waals surface area contributed by atoms with Gasteiger partial charge in [-0.05, 0) is 30.3 Å². The van der Waals surface area contributed by atoms with Crippen molar-refractivity contribution >= 4 is 17.4 Å². The Morgan fingerprint density at radius 1 is 1.14 bits per heavy atom. The van der Waals surface area contributed by atoms with E-state index in [4.69, 9.17) is 9.47 Å². The van der Waals surface area contributed by atoms with Gasteiger partial charge < -0.3 is 9.47 Å². The van der Waals surface area contributed by atoms with E-state index in [2.05, 4.69) is 0 Å². The Labute approximate surface area is 123 Å². The lowest BCUT2D eigenvalue weighted by Crippen LogP contribution is -2.15. The van der Waals surface area contributed by atoms with Gasteiger partial charge in [-0.2, -0.15) is 4.39 Å². The molecule has 0 unspecified atom stereocenters. The second kappa shape index (κ2) is 5.61. The number of nitro groups is 1. The van der Waals surface area contributed by atoms with E-state index < -0.39 is 16.4 Å². The summed E-state index contributed by atoms with van der Waals surface area (Å²) in [5, 5.41) is 11.0. The van der Waals surface area contributed by atoms with Crippen molar-refractivity contribution < 1.29 is 18.8 Å². The van der Waals surface area contributed by atoms with Crippen LogP contribution < -0.4 is 9.47 Å². The van der Waals surface area contributed by atoms with Gasteiger partial charge in [0, 0.05) is 4.90 Å². The average molecular weight is 307 g/mol. The molecule has 0 atom stereocenters. The highest BCUT2D eigenvalue weighted by Crippen LogP contribution is 2.40. The standard InChI is InChI=1S/C14H10FNO4S/c15-10-2-1-3-13(14(10)16(17)18)21-9-4-5-11-12(8-9)20-7-6-19-11/h1-5,8H,6-7H2. The van der Waals surface area contributed by atoms with Gasteiger partial charge in [-0.3, -0.25) is 10.1 Å². The molecule has 0 N–H and O–H groups in total. The Hall–Kier alpha value is -2.28. The van der Waals surface area contributed by atoms with Crippen LogP contribution in [0.5, 0.6) is 11.5 Å². The number of benzene rings is 2. The minimum absolute atomic E-state index is 0.247. The van der Waals surface area contributed by atoms with Crippen molar-refractivity contribution in [3.8, 4) is 11.5 Å². The molecule has 1 heterocycles. The zero-order chi connectivity index (χ0) is 14.8. The molecule has 0 amide bonds. The lowest BCUT2D eigenvalue weighted by molar-refractivity contribution is -0.390. The maximum atomic E-state index is 13.6. The monoisotopic (exact) mass is 307 g/mol. The van der Waals surface area contributed by atoms with Gasteiger partial charge in [-0.15, -0.1) is 0 Å². The Balaban J connectivity index is 1.94. The molecule has 0 radical (unpaired) electrons. The van der Waals surface area contributed by atoms with Crippen LogP contribution in [0.15, 0.2) is 46.2 Å². The van der Waals surface area contributed by atoms with Crippen LogP contribution in [0.2, 0.25) is 0 Å². The second-order valence-electron chi connectivity index (χ2n) is 4.25. The summed E-state index contributed by atoms with van der Waals surface area (Å²) in [7, 11) is 0. The van der Waals surface area contributed by atoms with Gasteiger partial charge in [0.25, 0.3) is 0 Å². The normalized spacial score (nSPS) is 13.0. The fourth-order valence-corrected chi connectivity index (χ4v) is 2.94. The van der Waals surface area contributed by atoms with Crippen molar-refractivity contribution in [3.05, 3.63) is 52.3 Å². The van der Waals surface area contributed by atoms with Gasteiger partial charge in [-0.1, -0.05) is 17.8 Å². The predicted molar refractivity (Wildman–Crippen MR) is 74.6 cm³/mol. The lowest BCUT2D eigenvalue weighted by atomic mass is 10.3. The molecular formula is C14H10FNO4S. The SMILES string of the molecule is O=[N+]([O-])c1c(F)cccc1Sc1ccc2c(c1)OCCO2. The number of fused-ring (bicyclic) bond motifs is 1. The van der Waals surface area contributed by atoms with E-state index in [1.54, 1.807) is 18.2 Å². The average Bonchev–Trinajstić information content (AvgIpc) is 2.47. The molecule has 0 bridgehead atoms. The lowest BCUT2D eigenvalue weighted by Gasteiger charge is -2.18. The number of nitrogens with zero attached hydrogens (tertiary/aromatic N) is 1. The fourth-order valence-electron chi connectivity index (χ4n) is 1.97. The maximum absolute atomic E-state index is 13.6. The van der Waals surface area contributed by atoms with Crippen LogP contribution in [0.3, 0.4) is 0 Å². The van der Waals surface area contributed by atoms with E-state index in [9.17, 15) is 14.5 Å². The molecule has 3 rings (SSSR count). The van der Waals surface area contributed by atoms with E-state index in [1.807, 2.05) is 0 Å². The Morgan fingerprint density at radius 2 is 1.90 bits per heavy atom. The topological polar surface area (TPSA) is 61.6 Å². The van der Waals surface area contributed by atoms with E-state index in [0.29, 0.717) is 29.6 Å². The molecule has 2 aromatic rings. The highest BCUT2D eigenvalue weighted by atomic mass is 32.2. The zero-order valence-corrected chi connectivity index (χ0v) is 11.6. The molecule has 1 aliphatic heterocycles. The minimum Gasteiger partial charge on any atom is -0.486 e. The number of halogens is 1. The quantitative estimate of drug-likeness (QED) is 0.639. The molecule has 1 aliphatic rings. The largest absolute Gasteiger partial charge is 0.486 e. The first-order valence-corrected chi connectivity index (χ1v) is 6.97. The van der Waals surface area contributed by atoms with Crippen LogP contribution in [0.4, 0.5) is 10.1 Å². The zero-order valence-electron chi connectivity index (χ0n) is 10.7. The molecule has 0 saturated carbocycles. The summed E-state index contributed by atoms with van der Waals surface area (Å²) >= 11 is 1.11. The molecule has 2 aromatic carbocycles. The van der Waals surface area contributed by atoms with Crippen LogP contribution in [-0.4, -0.2) is 18.1 Å². The van der Waals surface area contributed by atoms with Crippen LogP contribution in [0, 0.1) is 15.9 Å². The summed E-state index contributed by atoms with van der Waals surface area (Å²) in [5.74, 6) is 0.382. The first kappa shape index (κ1) is 13.7. The molecular weight excluding hydrogens is 297 g/mol. The summed E-state index contributed by atoms with van der Waals surface area (Å²) in [5.41, 5.74) is -0.516. The summed E-state index contributed by atoms with van der Waals surface area (Å²) in [6, 6.07) is 9.26. The first-order valence-electron chi connectivity index (χ1n) is 6.15. The van der Waals surface area contributed by atoms with Gasteiger partial charge in [0.2, 0.25) is 5.82 Å². The van der Waals surface area contributed by atoms with Crippen LogP contribution >= 0.6 is 11.8 Å². The van der Waals surface area contributed by atoms with E-state index in [0.717, 1.165) is 17.8 Å². The summed E-state index contributed by atoms with van der Waals surface area (Å²) in [6.45, 7) is 0.954. The number of rotatable bonds is 3. The second-order valence-corrected chi connectivity index (χ2v) is 5.37. The number of nitro benzene ring substituents is 1. The third-order valence-corrected chi connectivity index (χ3v) is 3.91. The summed E-state index contributed by atoms with van der Waals surface area (Å²) in [6.07, 6.45) is 0. The molecule has 0 fully saturated rings. The molecule has 7 heteroatoms. The van der Waals surface area contributed by atoms with Crippen LogP contribution in [0.25, 0.3) is 0 Å². The third-order valence-electron chi connectivity index (χ3n) is 2.87. The fraction of sp³-hybridized carbons (Fsp3) is 0.143. The number of hydrogen-bond donors (Lipinski definition) is 0. The third kappa shape index (κ3) is 2.78. The summed E-state index contributed by atoms with van der Waals surface area (Å²) < 4.78 is 24.4. The smallest absolute Gasteiger partial charge is 0.318 e. The van der Waals surface area contributed by atoms with Crippen molar-refractivity contribution in [2.75, 3.05) is 13.2 Å². The highest BCUT2D eigenvalue weighted by molar-refractivity contribution is 7.99. The molecule has 5 nitrogen and oxygen atoms in total. The van der Waals surface area contributed by atoms with Crippen LogP contribution in [0.1, 0.15) is 0 Å². The number of ether oxygens (including phenoxy) is 2. The minimum atomic E-state index is -0.845. The number of hydrogen-bond acceptors (Lipinski definition) is 5. The van der Waals surface area contributed by atoms with Crippen molar-refractivity contribution in [2.24, 2.45) is 0 Å². The Kier molecular flexibility index (Phi) is 3.66. The first-order chi connectivity index (χ1) is 10.1. The molecule has 0 saturated heterocycles. The van der Waals surface area contributed by atoms with Crippen LogP contribution in [-0.2, 0) is 0 Å². The molecule has 0 aromatic heterocycles. The van der Waals surface area contributed by atoms with Gasteiger partial charge in [0.1, 0.15) is 13.2 Å². The highest BCUT2D eigenvalue weighted by Gasteiger charge is 2.21. The van der Waals surface area contributed by atoms with Gasteiger partial charge in [-0.25, -0.2) is 0 Å². The number of para-hydroxylation sites is 1. The van der Waals surface area contributed by atoms with E-state index in [1.165, 1.54) is 12.1 Å².